The molecule has 2 aromatic rings. The van der Waals surface area contributed by atoms with E-state index in [0.717, 1.165) is 30.2 Å². The van der Waals surface area contributed by atoms with E-state index in [9.17, 15) is 0 Å². The monoisotopic (exact) mass is 226 g/mol. The van der Waals surface area contributed by atoms with Crippen molar-refractivity contribution in [3.05, 3.63) is 36.7 Å². The van der Waals surface area contributed by atoms with Crippen LogP contribution in [0.1, 0.15) is 12.8 Å². The Hall–Kier alpha value is -1.97. The Morgan fingerprint density at radius 1 is 0.882 bits per heavy atom. The minimum Gasteiger partial charge on any atom is -0.355 e. The fraction of sp³-hybridized carbons (Fsp3) is 0.308. The largest absolute Gasteiger partial charge is 0.355 e. The third kappa shape index (κ3) is 2.11. The molecule has 0 aliphatic carbocycles. The summed E-state index contributed by atoms with van der Waals surface area (Å²) in [7, 11) is 0. The van der Waals surface area contributed by atoms with E-state index < -0.39 is 0 Å². The van der Waals surface area contributed by atoms with E-state index in [2.05, 4.69) is 20.1 Å². The van der Waals surface area contributed by atoms with Gasteiger partial charge < -0.3 is 4.90 Å². The third-order valence-electron chi connectivity index (χ3n) is 3.06. The van der Waals surface area contributed by atoms with Crippen LogP contribution in [0.5, 0.6) is 0 Å². The lowest BCUT2D eigenvalue weighted by Crippen LogP contribution is -2.19. The molecule has 4 heteroatoms. The molecular weight excluding hydrogens is 212 g/mol. The van der Waals surface area contributed by atoms with Crippen LogP contribution < -0.4 is 4.90 Å². The van der Waals surface area contributed by atoms with E-state index in [1.54, 1.807) is 12.4 Å². The first-order chi connectivity index (χ1) is 8.43. The highest BCUT2D eigenvalue weighted by Gasteiger charge is 2.13. The minimum absolute atomic E-state index is 0.898. The lowest BCUT2D eigenvalue weighted by Gasteiger charge is -2.15. The molecule has 1 saturated heterocycles. The fourth-order valence-electron chi connectivity index (χ4n) is 2.12. The highest BCUT2D eigenvalue weighted by atomic mass is 15.3. The second-order valence-electron chi connectivity index (χ2n) is 4.21. The molecule has 3 heterocycles. The van der Waals surface area contributed by atoms with Crippen LogP contribution in [0.2, 0.25) is 0 Å². The molecule has 1 fully saturated rings. The lowest BCUT2D eigenvalue weighted by molar-refractivity contribution is 0.896. The average molecular weight is 226 g/mol. The maximum absolute atomic E-state index is 4.29. The highest BCUT2D eigenvalue weighted by Crippen LogP contribution is 2.20. The average Bonchev–Trinajstić information content (AvgIpc) is 2.94. The zero-order chi connectivity index (χ0) is 11.5. The molecule has 0 amide bonds. The van der Waals surface area contributed by atoms with Crippen molar-refractivity contribution in [1.29, 1.82) is 0 Å². The van der Waals surface area contributed by atoms with Gasteiger partial charge in [-0.2, -0.15) is 0 Å². The molecular formula is C13H14N4. The van der Waals surface area contributed by atoms with Gasteiger partial charge in [0.2, 0.25) is 0 Å². The molecule has 0 unspecified atom stereocenters. The topological polar surface area (TPSA) is 41.9 Å². The van der Waals surface area contributed by atoms with E-state index in [-0.39, 0.29) is 0 Å². The Morgan fingerprint density at radius 2 is 1.65 bits per heavy atom. The number of pyridine rings is 1. The van der Waals surface area contributed by atoms with Gasteiger partial charge in [0.05, 0.1) is 5.69 Å². The summed E-state index contributed by atoms with van der Waals surface area (Å²) in [5.41, 5.74) is 1.95. The van der Waals surface area contributed by atoms with Crippen molar-refractivity contribution < 1.29 is 0 Å². The normalized spacial score (nSPS) is 15.2. The van der Waals surface area contributed by atoms with E-state index in [4.69, 9.17) is 0 Å². The van der Waals surface area contributed by atoms with Crippen LogP contribution in [0, 0.1) is 0 Å². The molecule has 0 N–H and O–H groups in total. The van der Waals surface area contributed by atoms with Gasteiger partial charge in [0.25, 0.3) is 0 Å². The summed E-state index contributed by atoms with van der Waals surface area (Å²) in [5.74, 6) is 0.986. The summed E-state index contributed by atoms with van der Waals surface area (Å²) in [4.78, 5) is 6.28. The molecule has 2 aromatic heterocycles. The molecule has 0 spiro atoms. The predicted molar refractivity (Wildman–Crippen MR) is 66.7 cm³/mol. The molecule has 0 radical (unpaired) electrons. The molecule has 0 atom stereocenters. The van der Waals surface area contributed by atoms with Crippen LogP contribution in [0.3, 0.4) is 0 Å². The van der Waals surface area contributed by atoms with Crippen LogP contribution in [0.4, 0.5) is 5.82 Å². The van der Waals surface area contributed by atoms with Gasteiger partial charge in [-0.15, -0.1) is 10.2 Å². The Balaban J connectivity index is 1.85. The number of anilines is 1. The third-order valence-corrected chi connectivity index (χ3v) is 3.06. The fourth-order valence-corrected chi connectivity index (χ4v) is 2.12. The quantitative estimate of drug-likeness (QED) is 0.786. The van der Waals surface area contributed by atoms with Gasteiger partial charge in [-0.1, -0.05) is 0 Å². The van der Waals surface area contributed by atoms with Crippen molar-refractivity contribution in [3.8, 4) is 11.3 Å². The van der Waals surface area contributed by atoms with E-state index in [0.29, 0.717) is 0 Å². The van der Waals surface area contributed by atoms with Crippen LogP contribution in [-0.4, -0.2) is 28.3 Å². The first kappa shape index (κ1) is 10.2. The SMILES string of the molecule is c1cc(-c2ccc(N3CCCC3)nn2)ccn1. The van der Waals surface area contributed by atoms with Crippen molar-refractivity contribution in [2.75, 3.05) is 18.0 Å². The molecule has 4 nitrogen and oxygen atoms in total. The van der Waals surface area contributed by atoms with Gasteiger partial charge in [0.1, 0.15) is 0 Å². The molecule has 86 valence electrons. The van der Waals surface area contributed by atoms with Crippen LogP contribution in [-0.2, 0) is 0 Å². The summed E-state index contributed by atoms with van der Waals surface area (Å²) in [5, 5.41) is 8.57. The summed E-state index contributed by atoms with van der Waals surface area (Å²) in [6.45, 7) is 2.20. The minimum atomic E-state index is 0.898. The number of hydrogen-bond acceptors (Lipinski definition) is 4. The summed E-state index contributed by atoms with van der Waals surface area (Å²) in [6, 6.07) is 7.96. The number of nitrogens with zero attached hydrogens (tertiary/aromatic N) is 4. The van der Waals surface area contributed by atoms with Crippen LogP contribution in [0.15, 0.2) is 36.7 Å². The number of hydrogen-bond donors (Lipinski definition) is 0. The first-order valence-electron chi connectivity index (χ1n) is 5.92. The zero-order valence-electron chi connectivity index (χ0n) is 9.58. The van der Waals surface area contributed by atoms with Crippen LogP contribution in [0.25, 0.3) is 11.3 Å². The van der Waals surface area contributed by atoms with Crippen molar-refractivity contribution >= 4 is 5.82 Å². The Morgan fingerprint density at radius 3 is 2.29 bits per heavy atom. The van der Waals surface area contributed by atoms with Gasteiger partial charge in [0, 0.05) is 31.0 Å². The van der Waals surface area contributed by atoms with Gasteiger partial charge in [-0.3, -0.25) is 4.98 Å². The van der Waals surface area contributed by atoms with Gasteiger partial charge in [-0.25, -0.2) is 0 Å². The van der Waals surface area contributed by atoms with E-state index in [1.165, 1.54) is 12.8 Å². The molecule has 0 aromatic carbocycles. The zero-order valence-corrected chi connectivity index (χ0v) is 9.58. The van der Waals surface area contributed by atoms with Crippen molar-refractivity contribution in [2.24, 2.45) is 0 Å². The standard InChI is InChI=1S/C13H14N4/c1-2-10-17(9-1)13-4-3-12(15-16-13)11-5-7-14-8-6-11/h3-8H,1-2,9-10H2. The van der Waals surface area contributed by atoms with Crippen LogP contribution >= 0.6 is 0 Å². The van der Waals surface area contributed by atoms with E-state index in [1.807, 2.05) is 24.3 Å². The van der Waals surface area contributed by atoms with Crippen molar-refractivity contribution in [1.82, 2.24) is 15.2 Å². The lowest BCUT2D eigenvalue weighted by atomic mass is 10.2. The molecule has 0 saturated carbocycles. The van der Waals surface area contributed by atoms with Gasteiger partial charge >= 0.3 is 0 Å². The van der Waals surface area contributed by atoms with Gasteiger partial charge in [-0.05, 0) is 37.1 Å². The first-order valence-corrected chi connectivity index (χ1v) is 5.92. The van der Waals surface area contributed by atoms with Crippen molar-refractivity contribution in [2.45, 2.75) is 12.8 Å². The maximum atomic E-state index is 4.29. The van der Waals surface area contributed by atoms with Gasteiger partial charge in [0.15, 0.2) is 5.82 Å². The Kier molecular flexibility index (Phi) is 2.69. The molecule has 1 aliphatic rings. The number of aromatic nitrogens is 3. The second kappa shape index (κ2) is 4.49. The predicted octanol–water partition coefficient (Wildman–Crippen LogP) is 2.14. The van der Waals surface area contributed by atoms with E-state index >= 15 is 0 Å². The summed E-state index contributed by atoms with van der Waals surface area (Å²) < 4.78 is 0. The Bertz CT molecular complexity index is 475. The molecule has 17 heavy (non-hydrogen) atoms. The molecule has 1 aliphatic heterocycles. The maximum Gasteiger partial charge on any atom is 0.151 e. The number of rotatable bonds is 2. The molecule has 0 bridgehead atoms. The summed E-state index contributed by atoms with van der Waals surface area (Å²) >= 11 is 0. The smallest absolute Gasteiger partial charge is 0.151 e. The highest BCUT2D eigenvalue weighted by molar-refractivity contribution is 5.58. The summed E-state index contributed by atoms with van der Waals surface area (Å²) in [6.07, 6.45) is 6.05. The second-order valence-corrected chi connectivity index (χ2v) is 4.21. The molecule has 3 rings (SSSR count). The Labute approximate surface area is 100 Å². The van der Waals surface area contributed by atoms with Crippen molar-refractivity contribution in [3.63, 3.8) is 0 Å².